The summed E-state index contributed by atoms with van der Waals surface area (Å²) in [5.41, 5.74) is 0.902. The van der Waals surface area contributed by atoms with Gasteiger partial charge in [0.25, 0.3) is 11.8 Å². The van der Waals surface area contributed by atoms with E-state index >= 15 is 0 Å². The third kappa shape index (κ3) is 5.27. The highest BCUT2D eigenvalue weighted by molar-refractivity contribution is 7.16. The molecule has 3 rings (SSSR count). The summed E-state index contributed by atoms with van der Waals surface area (Å²) in [6, 6.07) is 17.2. The van der Waals surface area contributed by atoms with Gasteiger partial charge in [0.2, 0.25) is 0 Å². The van der Waals surface area contributed by atoms with E-state index in [0.29, 0.717) is 5.02 Å². The van der Waals surface area contributed by atoms with E-state index in [9.17, 15) is 14.7 Å². The summed E-state index contributed by atoms with van der Waals surface area (Å²) in [4.78, 5) is 26.7. The van der Waals surface area contributed by atoms with Gasteiger partial charge in [0.1, 0.15) is 11.4 Å². The quantitative estimate of drug-likeness (QED) is 0.420. The van der Waals surface area contributed by atoms with Crippen molar-refractivity contribution in [2.24, 2.45) is 0 Å². The molecule has 1 aromatic heterocycles. The van der Waals surface area contributed by atoms with Gasteiger partial charge in [-0.15, -0.1) is 11.3 Å². The normalized spacial score (nSPS) is 11.2. The van der Waals surface area contributed by atoms with Crippen LogP contribution in [0.1, 0.15) is 15.2 Å². The fourth-order valence-corrected chi connectivity index (χ4v) is 3.94. The molecule has 0 bridgehead atoms. The second kappa shape index (κ2) is 10.1. The fraction of sp³-hybridized carbons (Fsp3) is 0.0909. The Kier molecular flexibility index (Phi) is 7.24. The van der Waals surface area contributed by atoms with E-state index in [1.165, 1.54) is 29.5 Å². The lowest BCUT2D eigenvalue weighted by atomic mass is 10.2. The van der Waals surface area contributed by atoms with Gasteiger partial charge in [-0.1, -0.05) is 41.9 Å². The number of hydrogen-bond donors (Lipinski definition) is 4. The Bertz CT molecular complexity index is 1090. The molecule has 8 heteroatoms. The zero-order valence-corrected chi connectivity index (χ0v) is 17.3. The molecule has 0 aliphatic heterocycles. The second-order valence-electron chi connectivity index (χ2n) is 6.19. The minimum absolute atomic E-state index is 0.00994. The van der Waals surface area contributed by atoms with Crippen LogP contribution in [0.3, 0.4) is 0 Å². The summed E-state index contributed by atoms with van der Waals surface area (Å²) in [5.74, 6) is -1.37. The molecule has 0 aliphatic carbocycles. The lowest BCUT2D eigenvalue weighted by Crippen LogP contribution is -2.36. The number of para-hydroxylation sites is 1. The van der Waals surface area contributed by atoms with E-state index in [-0.39, 0.29) is 30.2 Å². The summed E-state index contributed by atoms with van der Waals surface area (Å²) in [6.45, 7) is -0.194. The number of benzene rings is 2. The molecule has 1 heterocycles. The number of aliphatic hydroxyl groups excluding tert-OH is 1. The highest BCUT2D eigenvalue weighted by Crippen LogP contribution is 2.33. The SMILES string of the molecule is O=C(NCCO)/C(=C\c1ccc(-c2ccccc2Cl)s1)NC(=O)c1ccccc1O. The lowest BCUT2D eigenvalue weighted by Gasteiger charge is -2.11. The number of aliphatic hydroxyl groups is 1. The van der Waals surface area contributed by atoms with Crippen LogP contribution in [0.4, 0.5) is 0 Å². The van der Waals surface area contributed by atoms with Crippen molar-refractivity contribution in [3.8, 4) is 16.2 Å². The molecule has 2 amide bonds. The van der Waals surface area contributed by atoms with Gasteiger partial charge in [0.15, 0.2) is 0 Å². The molecular formula is C22H19ClN2O4S. The van der Waals surface area contributed by atoms with Crippen LogP contribution in [0.25, 0.3) is 16.5 Å². The Balaban J connectivity index is 1.90. The summed E-state index contributed by atoms with van der Waals surface area (Å²) >= 11 is 7.66. The van der Waals surface area contributed by atoms with E-state index in [0.717, 1.165) is 15.3 Å². The fourth-order valence-electron chi connectivity index (χ4n) is 2.66. The molecule has 3 aromatic rings. The number of rotatable bonds is 7. The van der Waals surface area contributed by atoms with Gasteiger partial charge in [-0.25, -0.2) is 0 Å². The van der Waals surface area contributed by atoms with Crippen LogP contribution in [0.15, 0.2) is 66.4 Å². The number of nitrogens with one attached hydrogen (secondary N) is 2. The molecule has 154 valence electrons. The van der Waals surface area contributed by atoms with Crippen molar-refractivity contribution in [2.45, 2.75) is 0 Å². The van der Waals surface area contributed by atoms with E-state index in [1.54, 1.807) is 18.2 Å². The Labute approximate surface area is 182 Å². The number of carbonyl (C=O) groups excluding carboxylic acids is 2. The molecule has 0 saturated heterocycles. The molecule has 0 aliphatic rings. The van der Waals surface area contributed by atoms with Crippen molar-refractivity contribution in [1.29, 1.82) is 0 Å². The monoisotopic (exact) mass is 442 g/mol. The average Bonchev–Trinajstić information content (AvgIpc) is 3.20. The molecule has 0 spiro atoms. The predicted molar refractivity (Wildman–Crippen MR) is 118 cm³/mol. The van der Waals surface area contributed by atoms with Gasteiger partial charge in [-0.05, 0) is 36.4 Å². The van der Waals surface area contributed by atoms with Crippen LogP contribution in [-0.4, -0.2) is 35.2 Å². The van der Waals surface area contributed by atoms with E-state index < -0.39 is 11.8 Å². The number of aromatic hydroxyl groups is 1. The third-order valence-corrected chi connectivity index (χ3v) is 5.49. The van der Waals surface area contributed by atoms with Crippen LogP contribution in [0.5, 0.6) is 5.75 Å². The Morgan fingerprint density at radius 3 is 2.50 bits per heavy atom. The van der Waals surface area contributed by atoms with Gasteiger partial charge in [-0.2, -0.15) is 0 Å². The number of phenolic OH excluding ortho intramolecular Hbond substituents is 1. The molecular weight excluding hydrogens is 424 g/mol. The summed E-state index contributed by atoms with van der Waals surface area (Å²) in [5, 5.41) is 24.5. The van der Waals surface area contributed by atoms with Crippen LogP contribution in [-0.2, 0) is 4.79 Å². The first-order chi connectivity index (χ1) is 14.5. The molecule has 0 saturated carbocycles. The maximum absolute atomic E-state index is 12.6. The Morgan fingerprint density at radius 2 is 1.77 bits per heavy atom. The average molecular weight is 443 g/mol. The smallest absolute Gasteiger partial charge is 0.267 e. The van der Waals surface area contributed by atoms with Crippen molar-refractivity contribution in [2.75, 3.05) is 13.2 Å². The van der Waals surface area contributed by atoms with E-state index in [4.69, 9.17) is 16.7 Å². The number of amides is 2. The van der Waals surface area contributed by atoms with Crippen LogP contribution in [0.2, 0.25) is 5.02 Å². The van der Waals surface area contributed by atoms with Gasteiger partial charge in [0.05, 0.1) is 12.2 Å². The van der Waals surface area contributed by atoms with Crippen molar-refractivity contribution < 1.29 is 19.8 Å². The van der Waals surface area contributed by atoms with Gasteiger partial charge in [0, 0.05) is 26.9 Å². The zero-order chi connectivity index (χ0) is 21.5. The first-order valence-electron chi connectivity index (χ1n) is 9.04. The number of hydrogen-bond acceptors (Lipinski definition) is 5. The first kappa shape index (κ1) is 21.6. The number of phenols is 1. The van der Waals surface area contributed by atoms with Crippen molar-refractivity contribution >= 4 is 40.8 Å². The minimum Gasteiger partial charge on any atom is -0.507 e. The van der Waals surface area contributed by atoms with E-state index in [2.05, 4.69) is 10.6 Å². The van der Waals surface area contributed by atoms with Gasteiger partial charge in [-0.3, -0.25) is 9.59 Å². The van der Waals surface area contributed by atoms with Crippen molar-refractivity contribution in [3.63, 3.8) is 0 Å². The molecule has 0 atom stereocenters. The van der Waals surface area contributed by atoms with Crippen molar-refractivity contribution in [1.82, 2.24) is 10.6 Å². The first-order valence-corrected chi connectivity index (χ1v) is 10.2. The highest BCUT2D eigenvalue weighted by atomic mass is 35.5. The van der Waals surface area contributed by atoms with Crippen LogP contribution in [0, 0.1) is 0 Å². The summed E-state index contributed by atoms with van der Waals surface area (Å²) in [7, 11) is 0. The van der Waals surface area contributed by atoms with Gasteiger partial charge >= 0.3 is 0 Å². The summed E-state index contributed by atoms with van der Waals surface area (Å²) in [6.07, 6.45) is 1.54. The zero-order valence-electron chi connectivity index (χ0n) is 15.8. The third-order valence-electron chi connectivity index (χ3n) is 4.09. The van der Waals surface area contributed by atoms with Gasteiger partial charge < -0.3 is 20.8 Å². The van der Waals surface area contributed by atoms with E-state index in [1.807, 2.05) is 30.3 Å². The molecule has 2 aromatic carbocycles. The van der Waals surface area contributed by atoms with Crippen molar-refractivity contribution in [3.05, 3.63) is 81.8 Å². The maximum atomic E-state index is 12.6. The second-order valence-corrected chi connectivity index (χ2v) is 7.71. The molecule has 0 radical (unpaired) electrons. The highest BCUT2D eigenvalue weighted by Gasteiger charge is 2.17. The minimum atomic E-state index is -0.624. The number of halogens is 1. The predicted octanol–water partition coefficient (Wildman–Crippen LogP) is 3.65. The lowest BCUT2D eigenvalue weighted by molar-refractivity contribution is -0.117. The number of carbonyl (C=O) groups is 2. The summed E-state index contributed by atoms with van der Waals surface area (Å²) < 4.78 is 0. The topological polar surface area (TPSA) is 98.7 Å². The molecule has 30 heavy (non-hydrogen) atoms. The molecule has 0 unspecified atom stereocenters. The number of thiophene rings is 1. The Hall–Kier alpha value is -3.13. The maximum Gasteiger partial charge on any atom is 0.267 e. The Morgan fingerprint density at radius 1 is 1.03 bits per heavy atom. The van der Waals surface area contributed by atoms with Crippen LogP contribution < -0.4 is 10.6 Å². The largest absolute Gasteiger partial charge is 0.507 e. The standard InChI is InChI=1S/C22H19ClN2O4S/c23-17-7-3-1-5-15(17)20-10-9-14(30-20)13-18(22(29)24-11-12-26)25-21(28)16-6-2-4-8-19(16)27/h1-10,13,26-27H,11-12H2,(H,24,29)(H,25,28)/b18-13+. The molecule has 0 fully saturated rings. The molecule has 4 N–H and O–H groups in total. The van der Waals surface area contributed by atoms with Crippen LogP contribution >= 0.6 is 22.9 Å². The molecule has 6 nitrogen and oxygen atoms in total.